The minimum atomic E-state index is -0.499. The van der Waals surface area contributed by atoms with E-state index in [9.17, 15) is 19.7 Å². The summed E-state index contributed by atoms with van der Waals surface area (Å²) < 4.78 is 0.679. The Kier molecular flexibility index (Phi) is 4.82. The monoisotopic (exact) mass is 448 g/mol. The Morgan fingerprint density at radius 2 is 1.31 bits per heavy atom. The first-order valence-corrected chi connectivity index (χ1v) is 9.46. The van der Waals surface area contributed by atoms with Crippen molar-refractivity contribution in [3.63, 3.8) is 0 Å². The van der Waals surface area contributed by atoms with E-state index in [-0.39, 0.29) is 28.5 Å². The fourth-order valence-corrected chi connectivity index (χ4v) is 3.71. The van der Waals surface area contributed by atoms with Gasteiger partial charge >= 0.3 is 0 Å². The number of nitrogens with zero attached hydrogens (tertiary/aromatic N) is 1. The second-order valence-electron chi connectivity index (χ2n) is 6.36. The molecule has 0 saturated carbocycles. The zero-order valence-corrected chi connectivity index (χ0v) is 16.5. The van der Waals surface area contributed by atoms with Gasteiger partial charge in [-0.25, -0.2) is 0 Å². The van der Waals surface area contributed by atoms with Gasteiger partial charge in [0.25, 0.3) is 5.69 Å². The smallest absolute Gasteiger partial charge is 0.269 e. The largest absolute Gasteiger partial charge is 0.352 e. The third kappa shape index (κ3) is 3.36. The van der Waals surface area contributed by atoms with E-state index in [1.807, 2.05) is 6.07 Å². The van der Waals surface area contributed by atoms with Gasteiger partial charge in [-0.3, -0.25) is 19.7 Å². The van der Waals surface area contributed by atoms with Crippen molar-refractivity contribution in [1.82, 2.24) is 0 Å². The van der Waals surface area contributed by atoms with E-state index in [4.69, 9.17) is 0 Å². The van der Waals surface area contributed by atoms with Crippen LogP contribution in [0.2, 0.25) is 0 Å². The molecule has 0 atom stereocenters. The number of nitro benzene ring substituents is 1. The summed E-state index contributed by atoms with van der Waals surface area (Å²) in [5.41, 5.74) is 2.04. The molecule has 0 fully saturated rings. The zero-order valence-electron chi connectivity index (χ0n) is 14.9. The number of fused-ring (bicyclic) bond motifs is 1. The molecule has 6 nitrogen and oxygen atoms in total. The van der Waals surface area contributed by atoms with Gasteiger partial charge in [0.2, 0.25) is 5.78 Å². The molecule has 0 radical (unpaired) electrons. The van der Waals surface area contributed by atoms with E-state index in [1.54, 1.807) is 42.5 Å². The number of nitro groups is 1. The highest BCUT2D eigenvalue weighted by Gasteiger charge is 2.33. The summed E-state index contributed by atoms with van der Waals surface area (Å²) in [5, 5.41) is 13.9. The molecule has 0 spiro atoms. The quantitative estimate of drug-likeness (QED) is 0.434. The Hall–Kier alpha value is -3.58. The molecule has 1 N–H and O–H groups in total. The van der Waals surface area contributed by atoms with Crippen LogP contribution in [0.25, 0.3) is 5.57 Å². The molecule has 142 valence electrons. The summed E-state index contributed by atoms with van der Waals surface area (Å²) in [6, 6.07) is 19.5. The van der Waals surface area contributed by atoms with Crippen molar-refractivity contribution in [1.29, 1.82) is 0 Å². The SMILES string of the molecule is O=C1C(Nc2ccc([N+](=O)[O-])cc2)=C(c2ccccc2Br)C(=O)c2ccccc21. The number of nitrogens with one attached hydrogen (secondary N) is 1. The van der Waals surface area contributed by atoms with Crippen LogP contribution in [-0.4, -0.2) is 16.5 Å². The standard InChI is InChI=1S/C22H13BrN2O4/c23-18-8-4-3-7-17(18)19-20(24-13-9-11-14(12-10-13)25(28)29)22(27)16-6-2-1-5-15(16)21(19)26/h1-12,24H. The number of carbonyl (C=O) groups is 2. The molecule has 3 aromatic carbocycles. The number of hydrogen-bond donors (Lipinski definition) is 1. The molecule has 1 aliphatic rings. The van der Waals surface area contributed by atoms with Crippen LogP contribution < -0.4 is 5.32 Å². The summed E-state index contributed by atoms with van der Waals surface area (Å²) in [5.74, 6) is -0.583. The predicted octanol–water partition coefficient (Wildman–Crippen LogP) is 5.26. The fourth-order valence-electron chi connectivity index (χ4n) is 3.23. The first kappa shape index (κ1) is 18.8. The first-order chi connectivity index (χ1) is 14.0. The number of hydrogen-bond acceptors (Lipinski definition) is 5. The van der Waals surface area contributed by atoms with Gasteiger partial charge in [-0.15, -0.1) is 0 Å². The molecular formula is C22H13BrN2O4. The molecular weight excluding hydrogens is 436 g/mol. The highest BCUT2D eigenvalue weighted by molar-refractivity contribution is 9.10. The summed E-state index contributed by atoms with van der Waals surface area (Å²) in [4.78, 5) is 36.9. The van der Waals surface area contributed by atoms with Gasteiger partial charge in [-0.05, 0) is 18.2 Å². The van der Waals surface area contributed by atoms with E-state index < -0.39 is 4.92 Å². The van der Waals surface area contributed by atoms with Gasteiger partial charge in [0.1, 0.15) is 0 Å². The van der Waals surface area contributed by atoms with Gasteiger partial charge in [0.05, 0.1) is 16.2 Å². The summed E-state index contributed by atoms with van der Waals surface area (Å²) >= 11 is 3.46. The second-order valence-corrected chi connectivity index (χ2v) is 7.22. The third-order valence-corrected chi connectivity index (χ3v) is 5.30. The van der Waals surface area contributed by atoms with Gasteiger partial charge in [0, 0.05) is 39.0 Å². The van der Waals surface area contributed by atoms with Crippen molar-refractivity contribution >= 4 is 44.4 Å². The molecule has 4 rings (SSSR count). The van der Waals surface area contributed by atoms with E-state index in [1.165, 1.54) is 24.3 Å². The highest BCUT2D eigenvalue weighted by atomic mass is 79.9. The molecule has 0 unspecified atom stereocenters. The molecule has 0 amide bonds. The number of carbonyl (C=O) groups excluding carboxylic acids is 2. The maximum absolute atomic E-state index is 13.3. The average Bonchev–Trinajstić information content (AvgIpc) is 2.73. The van der Waals surface area contributed by atoms with Crippen LogP contribution in [0.1, 0.15) is 26.3 Å². The number of anilines is 1. The van der Waals surface area contributed by atoms with E-state index >= 15 is 0 Å². The molecule has 7 heteroatoms. The lowest BCUT2D eigenvalue weighted by Crippen LogP contribution is -2.25. The molecule has 0 saturated heterocycles. The Morgan fingerprint density at radius 1 is 0.759 bits per heavy atom. The van der Waals surface area contributed by atoms with E-state index in [0.29, 0.717) is 26.9 Å². The van der Waals surface area contributed by atoms with E-state index in [2.05, 4.69) is 21.2 Å². The Morgan fingerprint density at radius 3 is 1.90 bits per heavy atom. The molecule has 29 heavy (non-hydrogen) atoms. The predicted molar refractivity (Wildman–Crippen MR) is 113 cm³/mol. The van der Waals surface area contributed by atoms with Crippen LogP contribution in [0.5, 0.6) is 0 Å². The van der Waals surface area contributed by atoms with Crippen LogP contribution in [-0.2, 0) is 0 Å². The maximum atomic E-state index is 13.3. The normalized spacial score (nSPS) is 13.3. The van der Waals surface area contributed by atoms with Crippen molar-refractivity contribution in [2.75, 3.05) is 5.32 Å². The number of allylic oxidation sites excluding steroid dienone is 2. The van der Waals surface area contributed by atoms with Crippen LogP contribution in [0.15, 0.2) is 83.0 Å². The number of ketones is 2. The molecule has 0 bridgehead atoms. The van der Waals surface area contributed by atoms with Crippen LogP contribution in [0.4, 0.5) is 11.4 Å². The third-order valence-electron chi connectivity index (χ3n) is 4.61. The fraction of sp³-hybridized carbons (Fsp3) is 0. The minimum Gasteiger partial charge on any atom is -0.352 e. The zero-order chi connectivity index (χ0) is 20.5. The lowest BCUT2D eigenvalue weighted by atomic mass is 9.84. The van der Waals surface area contributed by atoms with Crippen LogP contribution in [0, 0.1) is 10.1 Å². The van der Waals surface area contributed by atoms with Crippen LogP contribution >= 0.6 is 15.9 Å². The van der Waals surface area contributed by atoms with Crippen molar-refractivity contribution in [3.05, 3.63) is 110 Å². The molecule has 0 aliphatic heterocycles. The average molecular weight is 449 g/mol. The van der Waals surface area contributed by atoms with E-state index in [0.717, 1.165) is 0 Å². The van der Waals surface area contributed by atoms with Gasteiger partial charge in [-0.1, -0.05) is 58.4 Å². The summed E-state index contributed by atoms with van der Waals surface area (Å²) in [7, 11) is 0. The van der Waals surface area contributed by atoms with Crippen molar-refractivity contribution in [3.8, 4) is 0 Å². The first-order valence-electron chi connectivity index (χ1n) is 8.66. The molecule has 1 aliphatic carbocycles. The lowest BCUT2D eigenvalue weighted by Gasteiger charge is -2.23. The number of non-ortho nitro benzene ring substituents is 1. The molecule has 3 aromatic rings. The number of halogens is 1. The number of benzene rings is 3. The van der Waals surface area contributed by atoms with Gasteiger partial charge < -0.3 is 5.32 Å². The van der Waals surface area contributed by atoms with Gasteiger partial charge in [0.15, 0.2) is 5.78 Å². The Balaban J connectivity index is 1.88. The Bertz CT molecular complexity index is 1200. The van der Waals surface area contributed by atoms with Gasteiger partial charge in [-0.2, -0.15) is 0 Å². The van der Waals surface area contributed by atoms with Crippen LogP contribution in [0.3, 0.4) is 0 Å². The molecule has 0 heterocycles. The Labute approximate surface area is 174 Å². The second kappa shape index (κ2) is 7.44. The van der Waals surface area contributed by atoms with Crippen molar-refractivity contribution in [2.45, 2.75) is 0 Å². The maximum Gasteiger partial charge on any atom is 0.269 e. The minimum absolute atomic E-state index is 0.0630. The number of rotatable bonds is 4. The topological polar surface area (TPSA) is 89.3 Å². The van der Waals surface area contributed by atoms with Crippen molar-refractivity contribution < 1.29 is 14.5 Å². The lowest BCUT2D eigenvalue weighted by molar-refractivity contribution is -0.384. The summed E-state index contributed by atoms with van der Waals surface area (Å²) in [6.07, 6.45) is 0. The van der Waals surface area contributed by atoms with Crippen molar-refractivity contribution in [2.24, 2.45) is 0 Å². The molecule has 0 aromatic heterocycles. The number of Topliss-reactive ketones (excluding diaryl/α,β-unsaturated/α-hetero) is 2. The highest BCUT2D eigenvalue weighted by Crippen LogP contribution is 2.36. The summed E-state index contributed by atoms with van der Waals surface area (Å²) in [6.45, 7) is 0.